The molecule has 0 bridgehead atoms. The molecule has 0 aliphatic rings. The van der Waals surface area contributed by atoms with Gasteiger partial charge in [-0.05, 0) is 34.0 Å². The van der Waals surface area contributed by atoms with Crippen LogP contribution in [0.15, 0.2) is 23.7 Å². The van der Waals surface area contributed by atoms with E-state index >= 15 is 0 Å². The number of anilines is 1. The minimum Gasteiger partial charge on any atom is -0.383 e. The van der Waals surface area contributed by atoms with Crippen LogP contribution in [0.2, 0.25) is 0 Å². The largest absolute Gasteiger partial charge is 0.383 e. The molecule has 2 heterocycles. The third-order valence-electron chi connectivity index (χ3n) is 1.72. The highest BCUT2D eigenvalue weighted by atomic mass is 127. The summed E-state index contributed by atoms with van der Waals surface area (Å²) >= 11 is 3.90. The molecule has 0 fully saturated rings. The molecule has 0 aliphatic carbocycles. The van der Waals surface area contributed by atoms with Crippen LogP contribution in [-0.4, -0.2) is 9.78 Å². The molecule has 0 spiro atoms. The number of halogens is 1. The smallest absolute Gasteiger partial charge is 0.135 e. The molecule has 0 amide bonds. The minimum atomic E-state index is 0.744. The predicted molar refractivity (Wildman–Crippen MR) is 62.8 cm³/mol. The zero-order valence-electron chi connectivity index (χ0n) is 6.77. The molecule has 0 saturated carbocycles. The molecule has 0 radical (unpaired) electrons. The fourth-order valence-electron chi connectivity index (χ4n) is 1.05. The molecule has 2 aromatic rings. The molecule has 0 saturated heterocycles. The normalized spacial score (nSPS) is 10.5. The van der Waals surface area contributed by atoms with Crippen LogP contribution < -0.4 is 5.73 Å². The fourth-order valence-corrected chi connectivity index (χ4v) is 2.14. The van der Waals surface area contributed by atoms with E-state index in [1.165, 1.54) is 4.88 Å². The summed E-state index contributed by atoms with van der Waals surface area (Å²) in [4.78, 5) is 1.27. The van der Waals surface area contributed by atoms with E-state index in [1.807, 2.05) is 10.7 Å². The van der Waals surface area contributed by atoms with Crippen molar-refractivity contribution < 1.29 is 0 Å². The van der Waals surface area contributed by atoms with Gasteiger partial charge in [0.1, 0.15) is 5.82 Å². The van der Waals surface area contributed by atoms with Crippen LogP contribution in [-0.2, 0) is 6.54 Å². The number of nitrogen functional groups attached to an aromatic ring is 1. The standard InChI is InChI=1S/C8H8IN3S/c9-7-4-11-12(8(7)10)5-6-2-1-3-13-6/h1-4H,5,10H2. The molecule has 3 nitrogen and oxygen atoms in total. The van der Waals surface area contributed by atoms with E-state index in [-0.39, 0.29) is 0 Å². The monoisotopic (exact) mass is 305 g/mol. The first-order valence-electron chi connectivity index (χ1n) is 3.76. The van der Waals surface area contributed by atoms with Gasteiger partial charge in [-0.3, -0.25) is 0 Å². The molecular weight excluding hydrogens is 297 g/mol. The number of nitrogens with two attached hydrogens (primary N) is 1. The van der Waals surface area contributed by atoms with Gasteiger partial charge in [-0.1, -0.05) is 6.07 Å². The molecule has 0 aromatic carbocycles. The number of hydrogen-bond donors (Lipinski definition) is 1. The maximum absolute atomic E-state index is 5.82. The van der Waals surface area contributed by atoms with Crippen molar-refractivity contribution in [2.24, 2.45) is 0 Å². The van der Waals surface area contributed by atoms with Crippen LogP contribution in [0.25, 0.3) is 0 Å². The fraction of sp³-hybridized carbons (Fsp3) is 0.125. The van der Waals surface area contributed by atoms with Crippen molar-refractivity contribution >= 4 is 39.7 Å². The quantitative estimate of drug-likeness (QED) is 0.864. The van der Waals surface area contributed by atoms with Gasteiger partial charge in [0.15, 0.2) is 0 Å². The maximum Gasteiger partial charge on any atom is 0.135 e. The van der Waals surface area contributed by atoms with Crippen molar-refractivity contribution in [1.29, 1.82) is 0 Å². The first-order valence-corrected chi connectivity index (χ1v) is 5.72. The summed E-state index contributed by atoms with van der Waals surface area (Å²) < 4.78 is 2.82. The second-order valence-corrected chi connectivity index (χ2v) is 4.81. The lowest BCUT2D eigenvalue weighted by atomic mass is 10.5. The number of nitrogens with zero attached hydrogens (tertiary/aromatic N) is 2. The van der Waals surface area contributed by atoms with Crippen LogP contribution >= 0.6 is 33.9 Å². The Balaban J connectivity index is 2.24. The number of aromatic nitrogens is 2. The molecule has 0 aliphatic heterocycles. The van der Waals surface area contributed by atoms with Gasteiger partial charge in [-0.25, -0.2) is 4.68 Å². The van der Waals surface area contributed by atoms with Crippen molar-refractivity contribution in [2.45, 2.75) is 6.54 Å². The van der Waals surface area contributed by atoms with Gasteiger partial charge in [-0.15, -0.1) is 11.3 Å². The van der Waals surface area contributed by atoms with Crippen LogP contribution in [0.5, 0.6) is 0 Å². The van der Waals surface area contributed by atoms with Crippen molar-refractivity contribution in [3.8, 4) is 0 Å². The summed E-state index contributed by atoms with van der Waals surface area (Å²) in [6.45, 7) is 0.770. The zero-order chi connectivity index (χ0) is 9.26. The second kappa shape index (κ2) is 3.67. The SMILES string of the molecule is Nc1c(I)cnn1Cc1cccs1. The van der Waals surface area contributed by atoms with Crippen LogP contribution in [0.4, 0.5) is 5.82 Å². The summed E-state index contributed by atoms with van der Waals surface area (Å²) in [5.74, 6) is 0.744. The highest BCUT2D eigenvalue weighted by molar-refractivity contribution is 14.1. The average Bonchev–Trinajstić information content (AvgIpc) is 2.71. The molecule has 13 heavy (non-hydrogen) atoms. The summed E-state index contributed by atoms with van der Waals surface area (Å²) in [5, 5.41) is 6.24. The van der Waals surface area contributed by atoms with E-state index in [4.69, 9.17) is 5.73 Å². The Bertz CT molecular complexity index is 393. The molecule has 0 unspecified atom stereocenters. The summed E-state index contributed by atoms with van der Waals surface area (Å²) in [7, 11) is 0. The molecule has 68 valence electrons. The lowest BCUT2D eigenvalue weighted by molar-refractivity contribution is 0.705. The summed E-state index contributed by atoms with van der Waals surface area (Å²) in [5.41, 5.74) is 5.82. The van der Waals surface area contributed by atoms with Crippen molar-refractivity contribution in [3.05, 3.63) is 32.2 Å². The Labute approximate surface area is 93.7 Å². The van der Waals surface area contributed by atoms with E-state index in [0.717, 1.165) is 15.9 Å². The summed E-state index contributed by atoms with van der Waals surface area (Å²) in [6, 6.07) is 4.11. The second-order valence-electron chi connectivity index (χ2n) is 2.61. The van der Waals surface area contributed by atoms with Gasteiger partial charge < -0.3 is 5.73 Å². The van der Waals surface area contributed by atoms with Gasteiger partial charge in [-0.2, -0.15) is 5.10 Å². The van der Waals surface area contributed by atoms with E-state index in [0.29, 0.717) is 0 Å². The van der Waals surface area contributed by atoms with Crippen LogP contribution in [0, 0.1) is 3.57 Å². The first kappa shape index (κ1) is 9.01. The average molecular weight is 305 g/mol. The third-order valence-corrected chi connectivity index (χ3v) is 3.41. The Morgan fingerprint density at radius 1 is 1.62 bits per heavy atom. The molecule has 2 rings (SSSR count). The molecular formula is C8H8IN3S. The highest BCUT2D eigenvalue weighted by Crippen LogP contribution is 2.16. The molecule has 2 aromatic heterocycles. The molecule has 0 atom stereocenters. The molecule has 5 heteroatoms. The lowest BCUT2D eigenvalue weighted by Crippen LogP contribution is -2.04. The van der Waals surface area contributed by atoms with Gasteiger partial charge in [0.05, 0.1) is 16.3 Å². The highest BCUT2D eigenvalue weighted by Gasteiger charge is 2.04. The Morgan fingerprint density at radius 3 is 3.00 bits per heavy atom. The van der Waals surface area contributed by atoms with Crippen molar-refractivity contribution in [1.82, 2.24) is 9.78 Å². The molecule has 2 N–H and O–H groups in total. The van der Waals surface area contributed by atoms with E-state index < -0.39 is 0 Å². The van der Waals surface area contributed by atoms with Crippen LogP contribution in [0.1, 0.15) is 4.88 Å². The topological polar surface area (TPSA) is 43.8 Å². The Kier molecular flexibility index (Phi) is 2.54. The predicted octanol–water partition coefficient (Wildman–Crippen LogP) is 2.18. The zero-order valence-corrected chi connectivity index (χ0v) is 9.75. The van der Waals surface area contributed by atoms with E-state index in [9.17, 15) is 0 Å². The van der Waals surface area contributed by atoms with Gasteiger partial charge in [0.25, 0.3) is 0 Å². The maximum atomic E-state index is 5.82. The number of thiophene rings is 1. The van der Waals surface area contributed by atoms with E-state index in [2.05, 4.69) is 39.1 Å². The number of rotatable bonds is 2. The van der Waals surface area contributed by atoms with Gasteiger partial charge >= 0.3 is 0 Å². The van der Waals surface area contributed by atoms with Gasteiger partial charge in [0, 0.05) is 4.88 Å². The van der Waals surface area contributed by atoms with E-state index in [1.54, 1.807) is 17.5 Å². The van der Waals surface area contributed by atoms with Crippen LogP contribution in [0.3, 0.4) is 0 Å². The Hall–Kier alpha value is -0.560. The van der Waals surface area contributed by atoms with Gasteiger partial charge in [0.2, 0.25) is 0 Å². The van der Waals surface area contributed by atoms with Crippen molar-refractivity contribution in [3.63, 3.8) is 0 Å². The summed E-state index contributed by atoms with van der Waals surface area (Å²) in [6.07, 6.45) is 1.78. The third kappa shape index (κ3) is 1.86. The van der Waals surface area contributed by atoms with Crippen molar-refractivity contribution in [2.75, 3.05) is 5.73 Å². The number of hydrogen-bond acceptors (Lipinski definition) is 3. The minimum absolute atomic E-state index is 0.744. The Morgan fingerprint density at radius 2 is 2.46 bits per heavy atom. The lowest BCUT2D eigenvalue weighted by Gasteiger charge is -2.00. The first-order chi connectivity index (χ1) is 6.27.